The molecule has 120 valence electrons. The Morgan fingerprint density at radius 2 is 1.92 bits per heavy atom. The smallest absolute Gasteiger partial charge is 0.332 e. The second kappa shape index (κ2) is 7.18. The molecule has 0 fully saturated rings. The van der Waals surface area contributed by atoms with Crippen LogP contribution in [0.25, 0.3) is 17.0 Å². The van der Waals surface area contributed by atoms with Gasteiger partial charge in [-0.25, -0.2) is 4.79 Å². The van der Waals surface area contributed by atoms with Crippen LogP contribution in [0.2, 0.25) is 0 Å². The summed E-state index contributed by atoms with van der Waals surface area (Å²) in [6.45, 7) is -0.296. The van der Waals surface area contributed by atoms with Crippen LogP contribution in [0.1, 0.15) is 5.56 Å². The second-order valence-corrected chi connectivity index (χ2v) is 5.71. The zero-order valence-electron chi connectivity index (χ0n) is 12.4. The predicted molar refractivity (Wildman–Crippen MR) is 93.1 cm³/mol. The maximum Gasteiger partial charge on any atom is 0.332 e. The van der Waals surface area contributed by atoms with Crippen LogP contribution in [0.4, 0.5) is 0 Å². The molecule has 1 aromatic heterocycles. The lowest BCUT2D eigenvalue weighted by Gasteiger charge is -2.04. The Balaban J connectivity index is 1.70. The van der Waals surface area contributed by atoms with E-state index in [0.29, 0.717) is 10.9 Å². The molecule has 0 aliphatic rings. The first-order chi connectivity index (χ1) is 11.6. The molecule has 0 radical (unpaired) electrons. The van der Waals surface area contributed by atoms with Gasteiger partial charge in [0, 0.05) is 10.5 Å². The Morgan fingerprint density at radius 1 is 1.17 bits per heavy atom. The Hall–Kier alpha value is -2.80. The highest BCUT2D eigenvalue weighted by Crippen LogP contribution is 2.17. The molecule has 0 aliphatic carbocycles. The summed E-state index contributed by atoms with van der Waals surface area (Å²) in [6, 6.07) is 14.3. The van der Waals surface area contributed by atoms with Gasteiger partial charge >= 0.3 is 5.97 Å². The van der Waals surface area contributed by atoms with Gasteiger partial charge in [-0.1, -0.05) is 51.5 Å². The van der Waals surface area contributed by atoms with Crippen molar-refractivity contribution in [2.45, 2.75) is 6.73 Å². The summed E-state index contributed by atoms with van der Waals surface area (Å²) >= 11 is 3.39. The number of hydrogen-bond donors (Lipinski definition) is 0. The summed E-state index contributed by atoms with van der Waals surface area (Å²) in [5.41, 5.74) is 0.985. The maximum absolute atomic E-state index is 12.2. The molecule has 3 rings (SSSR count). The predicted octanol–water partition coefficient (Wildman–Crippen LogP) is 2.77. The van der Waals surface area contributed by atoms with E-state index < -0.39 is 5.97 Å². The van der Waals surface area contributed by atoms with Gasteiger partial charge in [0.25, 0.3) is 5.56 Å². The summed E-state index contributed by atoms with van der Waals surface area (Å²) in [5, 5.41) is 8.10. The number of carbonyl (C=O) groups is 1. The molecule has 0 saturated carbocycles. The normalized spacial score (nSPS) is 11.0. The summed E-state index contributed by atoms with van der Waals surface area (Å²) in [7, 11) is 0. The zero-order chi connectivity index (χ0) is 16.9. The van der Waals surface area contributed by atoms with Gasteiger partial charge in [-0.15, -0.1) is 5.10 Å². The SMILES string of the molecule is O=C(/C=C/c1ccccc1Br)OCn1nnc2ccccc2c1=O. The highest BCUT2D eigenvalue weighted by Gasteiger charge is 2.06. The second-order valence-electron chi connectivity index (χ2n) is 4.86. The van der Waals surface area contributed by atoms with Crippen LogP contribution < -0.4 is 5.56 Å². The minimum absolute atomic E-state index is 0.296. The van der Waals surface area contributed by atoms with E-state index in [0.717, 1.165) is 14.7 Å². The topological polar surface area (TPSA) is 74.1 Å². The van der Waals surface area contributed by atoms with Crippen LogP contribution in [-0.2, 0) is 16.3 Å². The van der Waals surface area contributed by atoms with Gasteiger partial charge in [0.2, 0.25) is 0 Å². The number of halogens is 1. The molecule has 6 nitrogen and oxygen atoms in total. The maximum atomic E-state index is 12.2. The molecule has 0 N–H and O–H groups in total. The van der Waals surface area contributed by atoms with Crippen molar-refractivity contribution in [3.05, 3.63) is 75.0 Å². The summed E-state index contributed by atoms with van der Waals surface area (Å²) in [6.07, 6.45) is 2.92. The Kier molecular flexibility index (Phi) is 4.81. The minimum atomic E-state index is -0.576. The Bertz CT molecular complexity index is 982. The van der Waals surface area contributed by atoms with E-state index in [1.54, 1.807) is 30.3 Å². The third-order valence-electron chi connectivity index (χ3n) is 3.26. The quantitative estimate of drug-likeness (QED) is 0.509. The van der Waals surface area contributed by atoms with Crippen molar-refractivity contribution < 1.29 is 9.53 Å². The van der Waals surface area contributed by atoms with Crippen molar-refractivity contribution >= 4 is 38.9 Å². The monoisotopic (exact) mass is 385 g/mol. The molecule has 3 aromatic rings. The van der Waals surface area contributed by atoms with E-state index in [2.05, 4.69) is 26.2 Å². The third kappa shape index (κ3) is 3.57. The van der Waals surface area contributed by atoms with E-state index >= 15 is 0 Å². The largest absolute Gasteiger partial charge is 0.439 e. The minimum Gasteiger partial charge on any atom is -0.439 e. The molecule has 0 bridgehead atoms. The molecule has 0 aliphatic heterocycles. The van der Waals surface area contributed by atoms with Gasteiger partial charge in [-0.3, -0.25) is 4.79 Å². The number of rotatable bonds is 4. The molecule has 1 heterocycles. The number of hydrogen-bond acceptors (Lipinski definition) is 5. The van der Waals surface area contributed by atoms with Crippen LogP contribution in [0.15, 0.2) is 63.9 Å². The number of benzene rings is 2. The highest BCUT2D eigenvalue weighted by molar-refractivity contribution is 9.10. The van der Waals surface area contributed by atoms with Crippen molar-refractivity contribution in [3.63, 3.8) is 0 Å². The van der Waals surface area contributed by atoms with Gasteiger partial charge in [-0.2, -0.15) is 4.68 Å². The van der Waals surface area contributed by atoms with Crippen molar-refractivity contribution in [2.24, 2.45) is 0 Å². The molecule has 7 heteroatoms. The van der Waals surface area contributed by atoms with Crippen LogP contribution in [0.5, 0.6) is 0 Å². The van der Waals surface area contributed by atoms with Crippen molar-refractivity contribution in [3.8, 4) is 0 Å². The standard InChI is InChI=1S/C17H12BrN3O3/c18-14-7-3-1-5-12(14)9-10-16(22)24-11-21-17(23)13-6-2-4-8-15(13)19-20-21/h1-10H,11H2/b10-9+. The molecular weight excluding hydrogens is 374 g/mol. The molecule has 0 spiro atoms. The first-order valence-electron chi connectivity index (χ1n) is 7.07. The first kappa shape index (κ1) is 16.1. The molecule has 0 unspecified atom stereocenters. The number of esters is 1. The van der Waals surface area contributed by atoms with Crippen molar-refractivity contribution in [1.82, 2.24) is 15.0 Å². The zero-order valence-corrected chi connectivity index (χ0v) is 14.0. The van der Waals surface area contributed by atoms with Crippen LogP contribution in [0, 0.1) is 0 Å². The van der Waals surface area contributed by atoms with Gasteiger partial charge in [0.05, 0.1) is 5.39 Å². The average Bonchev–Trinajstić information content (AvgIpc) is 2.61. The van der Waals surface area contributed by atoms with Crippen LogP contribution in [-0.4, -0.2) is 21.0 Å². The van der Waals surface area contributed by atoms with E-state index in [1.807, 2.05) is 24.3 Å². The van der Waals surface area contributed by atoms with Gasteiger partial charge in [0.1, 0.15) is 5.52 Å². The summed E-state index contributed by atoms with van der Waals surface area (Å²) in [4.78, 5) is 24.0. The van der Waals surface area contributed by atoms with E-state index in [-0.39, 0.29) is 12.3 Å². The lowest BCUT2D eigenvalue weighted by Crippen LogP contribution is -2.26. The fourth-order valence-electron chi connectivity index (χ4n) is 2.05. The van der Waals surface area contributed by atoms with Gasteiger partial charge in [0.15, 0.2) is 6.73 Å². The van der Waals surface area contributed by atoms with Gasteiger partial charge in [-0.05, 0) is 29.8 Å². The average molecular weight is 386 g/mol. The number of nitrogens with zero attached hydrogens (tertiary/aromatic N) is 3. The number of ether oxygens (including phenoxy) is 1. The van der Waals surface area contributed by atoms with Crippen LogP contribution >= 0.6 is 15.9 Å². The molecule has 0 saturated heterocycles. The highest BCUT2D eigenvalue weighted by atomic mass is 79.9. The lowest BCUT2D eigenvalue weighted by molar-refractivity contribution is -0.141. The summed E-state index contributed by atoms with van der Waals surface area (Å²) in [5.74, 6) is -0.576. The van der Waals surface area contributed by atoms with E-state index in [9.17, 15) is 9.59 Å². The number of fused-ring (bicyclic) bond motifs is 1. The Morgan fingerprint density at radius 3 is 2.75 bits per heavy atom. The summed E-state index contributed by atoms with van der Waals surface area (Å²) < 4.78 is 6.91. The van der Waals surface area contributed by atoms with Crippen molar-refractivity contribution in [1.29, 1.82) is 0 Å². The first-order valence-corrected chi connectivity index (χ1v) is 7.86. The molecule has 24 heavy (non-hydrogen) atoms. The fraction of sp³-hybridized carbons (Fsp3) is 0.0588. The van der Waals surface area contributed by atoms with Gasteiger partial charge < -0.3 is 4.74 Å². The molecular formula is C17H12BrN3O3. The Labute approximate surface area is 145 Å². The fourth-order valence-corrected chi connectivity index (χ4v) is 2.47. The lowest BCUT2D eigenvalue weighted by atomic mass is 10.2. The number of aromatic nitrogens is 3. The third-order valence-corrected chi connectivity index (χ3v) is 3.98. The van der Waals surface area contributed by atoms with Crippen LogP contribution in [0.3, 0.4) is 0 Å². The van der Waals surface area contributed by atoms with E-state index in [4.69, 9.17) is 4.74 Å². The van der Waals surface area contributed by atoms with Crippen molar-refractivity contribution in [2.75, 3.05) is 0 Å². The molecule has 2 aromatic carbocycles. The molecule has 0 atom stereocenters. The number of carbonyl (C=O) groups excluding carboxylic acids is 1. The van der Waals surface area contributed by atoms with E-state index in [1.165, 1.54) is 6.08 Å². The molecule has 0 amide bonds.